The van der Waals surface area contributed by atoms with E-state index in [0.29, 0.717) is 18.2 Å². The molecule has 1 aromatic rings. The molecule has 0 saturated heterocycles. The Morgan fingerprint density at radius 1 is 1.50 bits per heavy atom. The number of ether oxygens (including phenoxy) is 1. The second-order valence-corrected chi connectivity index (χ2v) is 4.87. The van der Waals surface area contributed by atoms with Crippen molar-refractivity contribution in [1.29, 1.82) is 0 Å². The van der Waals surface area contributed by atoms with Crippen LogP contribution >= 0.6 is 0 Å². The van der Waals surface area contributed by atoms with Crippen molar-refractivity contribution in [2.45, 2.75) is 44.6 Å². The largest absolute Gasteiger partial charge is 0.462 e. The molecule has 0 aromatic carbocycles. The highest BCUT2D eigenvalue weighted by Crippen LogP contribution is 2.27. The van der Waals surface area contributed by atoms with Gasteiger partial charge in [0, 0.05) is 12.5 Å². The first-order valence-electron chi connectivity index (χ1n) is 7.00. The van der Waals surface area contributed by atoms with Gasteiger partial charge in [0.2, 0.25) is 0 Å². The van der Waals surface area contributed by atoms with Gasteiger partial charge in [0.1, 0.15) is 12.3 Å². The molecule has 1 heterocycles. The Bertz CT molecular complexity index is 507. The van der Waals surface area contributed by atoms with Crippen LogP contribution in [-0.2, 0) is 9.53 Å². The Kier molecular flexibility index (Phi) is 5.36. The lowest BCUT2D eigenvalue weighted by Gasteiger charge is -2.20. The van der Waals surface area contributed by atoms with Crippen LogP contribution in [0.4, 0.5) is 0 Å². The van der Waals surface area contributed by atoms with Crippen molar-refractivity contribution >= 4 is 12.0 Å². The minimum atomic E-state index is -0.410. The number of nitrogens with zero attached hydrogens (tertiary/aromatic N) is 3. The molecule has 0 amide bonds. The van der Waals surface area contributed by atoms with E-state index < -0.39 is 5.97 Å². The van der Waals surface area contributed by atoms with Crippen molar-refractivity contribution in [3.8, 4) is 12.3 Å². The third kappa shape index (κ3) is 4.23. The van der Waals surface area contributed by atoms with Crippen molar-refractivity contribution in [1.82, 2.24) is 15.0 Å². The molecule has 20 heavy (non-hydrogen) atoms. The molecule has 0 unspecified atom stereocenters. The van der Waals surface area contributed by atoms with Gasteiger partial charge >= 0.3 is 5.97 Å². The van der Waals surface area contributed by atoms with E-state index in [-0.39, 0.29) is 6.61 Å². The summed E-state index contributed by atoms with van der Waals surface area (Å²) < 4.78 is 6.81. The van der Waals surface area contributed by atoms with E-state index in [1.807, 2.05) is 10.9 Å². The molecule has 1 aliphatic carbocycles. The maximum Gasteiger partial charge on any atom is 0.330 e. The summed E-state index contributed by atoms with van der Waals surface area (Å²) >= 11 is 0. The molecule has 1 fully saturated rings. The normalized spacial score (nSPS) is 16.1. The molecule has 5 nitrogen and oxygen atoms in total. The molecular formula is C15H19N3O2. The first kappa shape index (κ1) is 14.3. The molecule has 0 aliphatic heterocycles. The van der Waals surface area contributed by atoms with E-state index in [9.17, 15) is 4.79 Å². The Morgan fingerprint density at radius 2 is 2.30 bits per heavy atom. The zero-order valence-electron chi connectivity index (χ0n) is 11.5. The van der Waals surface area contributed by atoms with Gasteiger partial charge in [-0.25, -0.2) is 9.48 Å². The van der Waals surface area contributed by atoms with Crippen LogP contribution in [0.1, 0.15) is 50.3 Å². The predicted octanol–water partition coefficient (Wildman–Crippen LogP) is 2.36. The van der Waals surface area contributed by atoms with Crippen molar-refractivity contribution in [2.24, 2.45) is 0 Å². The van der Waals surface area contributed by atoms with Gasteiger partial charge in [0.15, 0.2) is 0 Å². The Balaban J connectivity index is 1.85. The number of aromatic nitrogens is 3. The average molecular weight is 273 g/mol. The number of rotatable bonds is 5. The monoisotopic (exact) mass is 273 g/mol. The molecule has 2 rings (SSSR count). The number of hydrogen-bond acceptors (Lipinski definition) is 4. The second-order valence-electron chi connectivity index (χ2n) is 4.87. The lowest BCUT2D eigenvalue weighted by molar-refractivity contribution is -0.137. The summed E-state index contributed by atoms with van der Waals surface area (Å²) in [5.74, 6) is 2.00. The molecule has 0 radical (unpaired) electrons. The van der Waals surface area contributed by atoms with E-state index in [1.54, 1.807) is 6.08 Å². The van der Waals surface area contributed by atoms with E-state index >= 15 is 0 Å². The summed E-state index contributed by atoms with van der Waals surface area (Å²) in [5.41, 5.74) is 0.671. The minimum absolute atomic E-state index is 0.244. The van der Waals surface area contributed by atoms with E-state index in [2.05, 4.69) is 16.2 Å². The molecule has 0 spiro atoms. The van der Waals surface area contributed by atoms with Gasteiger partial charge in [-0.1, -0.05) is 24.5 Å². The molecule has 0 N–H and O–H groups in total. The second kappa shape index (κ2) is 7.49. The molecule has 1 aromatic heterocycles. The summed E-state index contributed by atoms with van der Waals surface area (Å²) in [7, 11) is 0. The van der Waals surface area contributed by atoms with Crippen molar-refractivity contribution in [3.05, 3.63) is 18.0 Å². The number of hydrogen-bond donors (Lipinski definition) is 0. The van der Waals surface area contributed by atoms with Gasteiger partial charge in [0.25, 0.3) is 0 Å². The fourth-order valence-electron chi connectivity index (χ4n) is 2.30. The quantitative estimate of drug-likeness (QED) is 0.358. The third-order valence-corrected chi connectivity index (χ3v) is 3.36. The zero-order chi connectivity index (χ0) is 14.2. The molecule has 1 aliphatic rings. The number of carbonyl (C=O) groups is 1. The maximum absolute atomic E-state index is 11.4. The van der Waals surface area contributed by atoms with Gasteiger partial charge in [-0.15, -0.1) is 17.4 Å². The van der Waals surface area contributed by atoms with Crippen LogP contribution in [0.25, 0.3) is 6.08 Å². The molecular weight excluding hydrogens is 254 g/mol. The summed E-state index contributed by atoms with van der Waals surface area (Å²) in [4.78, 5) is 11.4. The molecule has 106 valence electrons. The van der Waals surface area contributed by atoms with Gasteiger partial charge in [-0.2, -0.15) is 0 Å². The average Bonchev–Trinajstić information content (AvgIpc) is 2.95. The van der Waals surface area contributed by atoms with Crippen molar-refractivity contribution < 1.29 is 9.53 Å². The topological polar surface area (TPSA) is 57.0 Å². The van der Waals surface area contributed by atoms with Crippen LogP contribution in [0.2, 0.25) is 0 Å². The molecule has 0 bridgehead atoms. The van der Waals surface area contributed by atoms with Crippen LogP contribution in [0.3, 0.4) is 0 Å². The Labute approximate surface area is 119 Å². The lowest BCUT2D eigenvalue weighted by atomic mass is 9.96. The SMILES string of the molecule is C#CCCOC(=O)/C=C\c1cn(C2CCCCC2)nn1. The van der Waals surface area contributed by atoms with Crippen LogP contribution < -0.4 is 0 Å². The fraction of sp³-hybridized carbons (Fsp3) is 0.533. The van der Waals surface area contributed by atoms with Crippen molar-refractivity contribution in [3.63, 3.8) is 0 Å². The van der Waals surface area contributed by atoms with E-state index in [1.165, 1.54) is 25.3 Å². The highest BCUT2D eigenvalue weighted by molar-refractivity contribution is 5.86. The summed E-state index contributed by atoms with van der Waals surface area (Å²) in [5, 5.41) is 8.18. The van der Waals surface area contributed by atoms with Crippen LogP contribution in [-0.4, -0.2) is 27.6 Å². The van der Waals surface area contributed by atoms with Gasteiger partial charge < -0.3 is 4.74 Å². The smallest absolute Gasteiger partial charge is 0.330 e. The standard InChI is InChI=1S/C15H19N3O2/c1-2-3-11-20-15(19)10-9-13-12-18(17-16-13)14-7-5-4-6-8-14/h1,9-10,12,14H,3-8,11H2/b10-9-. The third-order valence-electron chi connectivity index (χ3n) is 3.36. The van der Waals surface area contributed by atoms with Gasteiger partial charge in [0.05, 0.1) is 12.2 Å². The molecule has 0 atom stereocenters. The molecule has 1 saturated carbocycles. The van der Waals surface area contributed by atoms with E-state index in [4.69, 9.17) is 11.2 Å². The van der Waals surface area contributed by atoms with Crippen LogP contribution in [0.15, 0.2) is 12.3 Å². The first-order valence-corrected chi connectivity index (χ1v) is 7.00. The number of terminal acetylenes is 1. The Hall–Kier alpha value is -2.09. The summed E-state index contributed by atoms with van der Waals surface area (Å²) in [6, 6.07) is 0.445. The Morgan fingerprint density at radius 3 is 3.05 bits per heavy atom. The number of esters is 1. The molecule has 5 heteroatoms. The van der Waals surface area contributed by atoms with E-state index in [0.717, 1.165) is 12.8 Å². The van der Waals surface area contributed by atoms with Gasteiger partial charge in [-0.05, 0) is 18.9 Å². The maximum atomic E-state index is 11.4. The van der Waals surface area contributed by atoms with Crippen LogP contribution in [0.5, 0.6) is 0 Å². The fourth-order valence-corrected chi connectivity index (χ4v) is 2.30. The highest BCUT2D eigenvalue weighted by atomic mass is 16.5. The van der Waals surface area contributed by atoms with Crippen LogP contribution in [0, 0.1) is 12.3 Å². The summed E-state index contributed by atoms with van der Waals surface area (Å²) in [6.45, 7) is 0.244. The summed E-state index contributed by atoms with van der Waals surface area (Å²) in [6.07, 6.45) is 16.5. The number of carbonyl (C=O) groups excluding carboxylic acids is 1. The zero-order valence-corrected chi connectivity index (χ0v) is 11.5. The highest BCUT2D eigenvalue weighted by Gasteiger charge is 2.16. The van der Waals surface area contributed by atoms with Gasteiger partial charge in [-0.3, -0.25) is 0 Å². The van der Waals surface area contributed by atoms with Crippen molar-refractivity contribution in [2.75, 3.05) is 6.61 Å². The predicted molar refractivity (Wildman–Crippen MR) is 75.6 cm³/mol. The minimum Gasteiger partial charge on any atom is -0.462 e. The lowest BCUT2D eigenvalue weighted by Crippen LogP contribution is -2.13. The first-order chi connectivity index (χ1) is 9.79.